The van der Waals surface area contributed by atoms with Crippen LogP contribution in [0.1, 0.15) is 19.4 Å². The van der Waals surface area contributed by atoms with E-state index in [1.165, 1.54) is 12.1 Å². The molecule has 0 fully saturated rings. The van der Waals surface area contributed by atoms with Gasteiger partial charge in [-0.1, -0.05) is 6.07 Å². The average molecular weight is 237 g/mol. The fraction of sp³-hybridized carbons (Fsp3) is 0.364. The van der Waals surface area contributed by atoms with Crippen molar-refractivity contribution in [3.8, 4) is 0 Å². The van der Waals surface area contributed by atoms with Gasteiger partial charge < -0.3 is 10.6 Å². The first kappa shape index (κ1) is 13.0. The van der Waals surface area contributed by atoms with E-state index in [0.717, 1.165) is 5.56 Å². The number of amides is 2. The molecule has 0 aliphatic rings. The van der Waals surface area contributed by atoms with E-state index < -0.39 is 4.92 Å². The van der Waals surface area contributed by atoms with Gasteiger partial charge in [0.1, 0.15) is 0 Å². The van der Waals surface area contributed by atoms with Crippen molar-refractivity contribution in [1.29, 1.82) is 0 Å². The average Bonchev–Trinajstić information content (AvgIpc) is 2.19. The Bertz CT molecular complexity index is 444. The standard InChI is InChI=1S/C11H15N3O3/c1-7(2)12-11(15)13-10-6-9(14(16)17)5-4-8(10)3/h4-7H,1-3H3,(H2,12,13,15). The molecule has 0 atom stereocenters. The van der Waals surface area contributed by atoms with Crippen LogP contribution >= 0.6 is 0 Å². The summed E-state index contributed by atoms with van der Waals surface area (Å²) >= 11 is 0. The molecule has 0 spiro atoms. The van der Waals surface area contributed by atoms with Crippen LogP contribution in [0.25, 0.3) is 0 Å². The van der Waals surface area contributed by atoms with Crippen molar-refractivity contribution >= 4 is 17.4 Å². The molecule has 0 aliphatic carbocycles. The van der Waals surface area contributed by atoms with Crippen molar-refractivity contribution in [2.24, 2.45) is 0 Å². The lowest BCUT2D eigenvalue weighted by Gasteiger charge is -2.11. The fourth-order valence-electron chi connectivity index (χ4n) is 1.28. The number of aryl methyl sites for hydroxylation is 1. The Morgan fingerprint density at radius 3 is 2.59 bits per heavy atom. The predicted molar refractivity (Wildman–Crippen MR) is 65.1 cm³/mol. The molecule has 1 aromatic rings. The number of anilines is 1. The Kier molecular flexibility index (Phi) is 4.03. The summed E-state index contributed by atoms with van der Waals surface area (Å²) in [7, 11) is 0. The molecule has 1 rings (SSSR count). The summed E-state index contributed by atoms with van der Waals surface area (Å²) in [5, 5.41) is 15.8. The number of hydrogen-bond donors (Lipinski definition) is 2. The molecule has 2 amide bonds. The molecule has 2 N–H and O–H groups in total. The smallest absolute Gasteiger partial charge is 0.319 e. The summed E-state index contributed by atoms with van der Waals surface area (Å²) in [4.78, 5) is 21.6. The molecular weight excluding hydrogens is 222 g/mol. The van der Waals surface area contributed by atoms with Gasteiger partial charge in [-0.05, 0) is 26.3 Å². The van der Waals surface area contributed by atoms with E-state index in [1.54, 1.807) is 13.0 Å². The van der Waals surface area contributed by atoms with Crippen LogP contribution in [0.15, 0.2) is 18.2 Å². The highest BCUT2D eigenvalue weighted by molar-refractivity contribution is 5.90. The number of carbonyl (C=O) groups is 1. The molecule has 1 aromatic carbocycles. The van der Waals surface area contributed by atoms with Crippen molar-refractivity contribution in [1.82, 2.24) is 5.32 Å². The van der Waals surface area contributed by atoms with E-state index in [4.69, 9.17) is 0 Å². The number of nitrogens with zero attached hydrogens (tertiary/aromatic N) is 1. The molecular formula is C11H15N3O3. The SMILES string of the molecule is Cc1ccc([N+](=O)[O-])cc1NC(=O)NC(C)C. The van der Waals surface area contributed by atoms with E-state index in [2.05, 4.69) is 10.6 Å². The van der Waals surface area contributed by atoms with Crippen LogP contribution in [0.3, 0.4) is 0 Å². The van der Waals surface area contributed by atoms with E-state index in [0.29, 0.717) is 5.69 Å². The molecule has 0 saturated carbocycles. The molecule has 92 valence electrons. The predicted octanol–water partition coefficient (Wildman–Crippen LogP) is 2.43. The van der Waals surface area contributed by atoms with Gasteiger partial charge in [-0.2, -0.15) is 0 Å². The maximum absolute atomic E-state index is 11.5. The third kappa shape index (κ3) is 3.75. The Morgan fingerprint density at radius 2 is 2.06 bits per heavy atom. The zero-order valence-electron chi connectivity index (χ0n) is 9.98. The Balaban J connectivity index is 2.86. The molecule has 0 radical (unpaired) electrons. The number of benzene rings is 1. The first-order valence-corrected chi connectivity index (χ1v) is 5.22. The van der Waals surface area contributed by atoms with E-state index in [9.17, 15) is 14.9 Å². The zero-order chi connectivity index (χ0) is 13.0. The summed E-state index contributed by atoms with van der Waals surface area (Å²) < 4.78 is 0. The van der Waals surface area contributed by atoms with Crippen LogP contribution in [0.2, 0.25) is 0 Å². The van der Waals surface area contributed by atoms with Crippen LogP contribution in [0.4, 0.5) is 16.2 Å². The molecule has 6 heteroatoms. The van der Waals surface area contributed by atoms with Gasteiger partial charge in [-0.3, -0.25) is 10.1 Å². The Hall–Kier alpha value is -2.11. The van der Waals surface area contributed by atoms with Crippen molar-refractivity contribution in [3.05, 3.63) is 33.9 Å². The molecule has 6 nitrogen and oxygen atoms in total. The minimum absolute atomic E-state index is 0.00834. The fourth-order valence-corrected chi connectivity index (χ4v) is 1.28. The quantitative estimate of drug-likeness (QED) is 0.625. The number of nitro groups is 1. The third-order valence-electron chi connectivity index (χ3n) is 2.10. The van der Waals surface area contributed by atoms with Gasteiger partial charge in [0.05, 0.1) is 10.6 Å². The largest absolute Gasteiger partial charge is 0.336 e. The number of nitrogens with one attached hydrogen (secondary N) is 2. The molecule has 17 heavy (non-hydrogen) atoms. The van der Waals surface area contributed by atoms with Crippen LogP contribution in [-0.2, 0) is 0 Å². The highest BCUT2D eigenvalue weighted by Gasteiger charge is 2.11. The van der Waals surface area contributed by atoms with E-state index in [1.807, 2.05) is 13.8 Å². The number of nitro benzene ring substituents is 1. The molecule has 0 heterocycles. The van der Waals surface area contributed by atoms with Gasteiger partial charge in [0.25, 0.3) is 5.69 Å². The lowest BCUT2D eigenvalue weighted by molar-refractivity contribution is -0.384. The van der Waals surface area contributed by atoms with Crippen molar-refractivity contribution in [2.75, 3.05) is 5.32 Å². The van der Waals surface area contributed by atoms with Gasteiger partial charge in [-0.25, -0.2) is 4.79 Å². The highest BCUT2D eigenvalue weighted by Crippen LogP contribution is 2.21. The molecule has 0 unspecified atom stereocenters. The number of hydrogen-bond acceptors (Lipinski definition) is 3. The van der Waals surface area contributed by atoms with Crippen LogP contribution in [-0.4, -0.2) is 17.0 Å². The Labute approximate surface area is 99.2 Å². The van der Waals surface area contributed by atoms with Crippen molar-refractivity contribution in [2.45, 2.75) is 26.8 Å². The highest BCUT2D eigenvalue weighted by atomic mass is 16.6. The molecule has 0 bridgehead atoms. The van der Waals surface area contributed by atoms with Gasteiger partial charge in [0.2, 0.25) is 0 Å². The number of non-ortho nitro benzene ring substituents is 1. The van der Waals surface area contributed by atoms with Gasteiger partial charge in [0.15, 0.2) is 0 Å². The summed E-state index contributed by atoms with van der Waals surface area (Å²) in [5.41, 5.74) is 1.17. The van der Waals surface area contributed by atoms with Crippen LogP contribution < -0.4 is 10.6 Å². The topological polar surface area (TPSA) is 84.3 Å². The lowest BCUT2D eigenvalue weighted by atomic mass is 10.2. The summed E-state index contributed by atoms with van der Waals surface area (Å²) in [6, 6.07) is 3.98. The van der Waals surface area contributed by atoms with Gasteiger partial charge in [-0.15, -0.1) is 0 Å². The second-order valence-electron chi connectivity index (χ2n) is 4.01. The molecule has 0 saturated heterocycles. The van der Waals surface area contributed by atoms with E-state index >= 15 is 0 Å². The minimum Gasteiger partial charge on any atom is -0.336 e. The normalized spacial score (nSPS) is 10.1. The number of carbonyl (C=O) groups excluding carboxylic acids is 1. The van der Waals surface area contributed by atoms with Crippen molar-refractivity contribution < 1.29 is 9.72 Å². The first-order chi connectivity index (χ1) is 7.90. The monoisotopic (exact) mass is 237 g/mol. The second-order valence-corrected chi connectivity index (χ2v) is 4.01. The molecule has 0 aromatic heterocycles. The van der Waals surface area contributed by atoms with Crippen LogP contribution in [0, 0.1) is 17.0 Å². The zero-order valence-corrected chi connectivity index (χ0v) is 9.98. The minimum atomic E-state index is -0.495. The summed E-state index contributed by atoms with van der Waals surface area (Å²) in [5.74, 6) is 0. The van der Waals surface area contributed by atoms with Gasteiger partial charge in [0, 0.05) is 18.2 Å². The second kappa shape index (κ2) is 5.29. The number of urea groups is 1. The third-order valence-corrected chi connectivity index (χ3v) is 2.10. The summed E-state index contributed by atoms with van der Waals surface area (Å²) in [6.45, 7) is 5.44. The number of rotatable bonds is 3. The lowest BCUT2D eigenvalue weighted by Crippen LogP contribution is -2.34. The molecule has 0 aliphatic heterocycles. The summed E-state index contributed by atoms with van der Waals surface area (Å²) in [6.07, 6.45) is 0. The van der Waals surface area contributed by atoms with Crippen LogP contribution in [0.5, 0.6) is 0 Å². The first-order valence-electron chi connectivity index (χ1n) is 5.22. The van der Waals surface area contributed by atoms with Gasteiger partial charge >= 0.3 is 6.03 Å². The van der Waals surface area contributed by atoms with E-state index in [-0.39, 0.29) is 17.8 Å². The Morgan fingerprint density at radius 1 is 1.41 bits per heavy atom. The maximum atomic E-state index is 11.5. The maximum Gasteiger partial charge on any atom is 0.319 e. The van der Waals surface area contributed by atoms with Crippen molar-refractivity contribution in [3.63, 3.8) is 0 Å².